The molecule has 86 valence electrons. The Kier molecular flexibility index (Phi) is 2.62. The Labute approximate surface area is 96.5 Å². The fraction of sp³-hybridized carbons (Fsp3) is 0.462. The Balaban J connectivity index is 1.94. The topological polar surface area (TPSA) is 32.1 Å². The van der Waals surface area contributed by atoms with Crippen molar-refractivity contribution in [3.8, 4) is 0 Å². The number of carbonyl (C=O) groups is 1. The third-order valence-corrected chi connectivity index (χ3v) is 3.06. The zero-order valence-electron chi connectivity index (χ0n) is 10.0. The van der Waals surface area contributed by atoms with Crippen molar-refractivity contribution in [2.24, 2.45) is 0 Å². The first-order chi connectivity index (χ1) is 7.50. The molecule has 1 aliphatic heterocycles. The SMILES string of the molecule is C[C@@H](NC(=O)N1CC1(C)C)c1ccccc1. The van der Waals surface area contributed by atoms with Crippen molar-refractivity contribution in [3.63, 3.8) is 0 Å². The lowest BCUT2D eigenvalue weighted by Crippen LogP contribution is -2.33. The first-order valence-corrected chi connectivity index (χ1v) is 5.64. The second-order valence-electron chi connectivity index (χ2n) is 4.98. The lowest BCUT2D eigenvalue weighted by atomic mass is 10.1. The predicted molar refractivity (Wildman–Crippen MR) is 64.2 cm³/mol. The van der Waals surface area contributed by atoms with Crippen molar-refractivity contribution in [1.29, 1.82) is 0 Å². The number of rotatable bonds is 2. The van der Waals surface area contributed by atoms with Crippen LogP contribution in [0.15, 0.2) is 30.3 Å². The molecular weight excluding hydrogens is 200 g/mol. The van der Waals surface area contributed by atoms with E-state index in [0.29, 0.717) is 0 Å². The summed E-state index contributed by atoms with van der Waals surface area (Å²) in [4.78, 5) is 13.7. The maximum Gasteiger partial charge on any atom is 0.318 e. The van der Waals surface area contributed by atoms with Crippen LogP contribution in [-0.2, 0) is 0 Å². The minimum Gasteiger partial charge on any atom is -0.331 e. The minimum atomic E-state index is 0.0290. The minimum absolute atomic E-state index is 0.0290. The van der Waals surface area contributed by atoms with Crippen molar-refractivity contribution >= 4 is 6.03 Å². The molecule has 2 rings (SSSR count). The Hall–Kier alpha value is -1.51. The van der Waals surface area contributed by atoms with E-state index < -0.39 is 0 Å². The molecule has 1 atom stereocenters. The van der Waals surface area contributed by atoms with Gasteiger partial charge in [0.2, 0.25) is 0 Å². The van der Waals surface area contributed by atoms with Crippen LogP contribution in [-0.4, -0.2) is 23.0 Å². The summed E-state index contributed by atoms with van der Waals surface area (Å²) in [5.74, 6) is 0. The molecule has 0 bridgehead atoms. The Morgan fingerprint density at radius 3 is 2.44 bits per heavy atom. The smallest absolute Gasteiger partial charge is 0.318 e. The number of urea groups is 1. The summed E-state index contributed by atoms with van der Waals surface area (Å²) in [5.41, 5.74) is 1.18. The van der Waals surface area contributed by atoms with E-state index in [1.807, 2.05) is 42.2 Å². The van der Waals surface area contributed by atoms with E-state index in [1.54, 1.807) is 0 Å². The van der Waals surface area contributed by atoms with E-state index in [4.69, 9.17) is 0 Å². The van der Waals surface area contributed by atoms with Gasteiger partial charge >= 0.3 is 6.03 Å². The number of hydrogen-bond donors (Lipinski definition) is 1. The molecule has 1 saturated heterocycles. The molecule has 0 unspecified atom stereocenters. The van der Waals surface area contributed by atoms with Gasteiger partial charge in [0.15, 0.2) is 0 Å². The molecule has 16 heavy (non-hydrogen) atoms. The van der Waals surface area contributed by atoms with E-state index >= 15 is 0 Å². The fourth-order valence-electron chi connectivity index (χ4n) is 1.79. The second-order valence-corrected chi connectivity index (χ2v) is 4.98. The van der Waals surface area contributed by atoms with E-state index in [0.717, 1.165) is 12.1 Å². The first-order valence-electron chi connectivity index (χ1n) is 5.64. The van der Waals surface area contributed by atoms with Crippen LogP contribution in [0.2, 0.25) is 0 Å². The number of carbonyl (C=O) groups excluding carboxylic acids is 1. The molecule has 0 aliphatic carbocycles. The van der Waals surface area contributed by atoms with Gasteiger partial charge in [-0.05, 0) is 26.3 Å². The van der Waals surface area contributed by atoms with Gasteiger partial charge in [-0.3, -0.25) is 0 Å². The van der Waals surface area contributed by atoms with Gasteiger partial charge < -0.3 is 10.2 Å². The van der Waals surface area contributed by atoms with Crippen molar-refractivity contribution < 1.29 is 4.79 Å². The number of nitrogens with zero attached hydrogens (tertiary/aromatic N) is 1. The summed E-state index contributed by atoms with van der Waals surface area (Å²) in [7, 11) is 0. The van der Waals surface area contributed by atoms with E-state index in [-0.39, 0.29) is 17.6 Å². The first kappa shape index (κ1) is 11.0. The molecule has 0 spiro atoms. The zero-order valence-corrected chi connectivity index (χ0v) is 10.0. The molecule has 0 radical (unpaired) electrons. The summed E-state index contributed by atoms with van der Waals surface area (Å²) >= 11 is 0. The molecule has 1 N–H and O–H groups in total. The third kappa shape index (κ3) is 2.18. The maximum absolute atomic E-state index is 11.8. The van der Waals surface area contributed by atoms with Crippen LogP contribution < -0.4 is 5.32 Å². The van der Waals surface area contributed by atoms with Crippen molar-refractivity contribution in [3.05, 3.63) is 35.9 Å². The third-order valence-electron chi connectivity index (χ3n) is 3.06. The second kappa shape index (κ2) is 3.81. The van der Waals surface area contributed by atoms with Crippen molar-refractivity contribution in [2.45, 2.75) is 32.4 Å². The highest BCUT2D eigenvalue weighted by Crippen LogP contribution is 2.30. The number of hydrogen-bond acceptors (Lipinski definition) is 1. The number of amides is 2. The van der Waals surface area contributed by atoms with Gasteiger partial charge in [-0.1, -0.05) is 30.3 Å². The van der Waals surface area contributed by atoms with Crippen molar-refractivity contribution in [2.75, 3.05) is 6.54 Å². The van der Waals surface area contributed by atoms with Gasteiger partial charge in [-0.2, -0.15) is 0 Å². The van der Waals surface area contributed by atoms with Gasteiger partial charge in [0, 0.05) is 6.54 Å². The molecule has 0 aromatic heterocycles. The summed E-state index contributed by atoms with van der Waals surface area (Å²) in [5, 5.41) is 3.00. The molecule has 0 saturated carbocycles. The van der Waals surface area contributed by atoms with E-state index in [2.05, 4.69) is 19.2 Å². The Morgan fingerprint density at radius 2 is 1.94 bits per heavy atom. The molecule has 1 heterocycles. The molecule has 2 amide bonds. The van der Waals surface area contributed by atoms with Gasteiger partial charge in [-0.15, -0.1) is 0 Å². The van der Waals surface area contributed by atoms with Gasteiger partial charge in [0.1, 0.15) is 0 Å². The van der Waals surface area contributed by atoms with Gasteiger partial charge in [0.05, 0.1) is 11.6 Å². The van der Waals surface area contributed by atoms with Crippen LogP contribution in [0.3, 0.4) is 0 Å². The summed E-state index contributed by atoms with van der Waals surface area (Å²) in [6, 6.07) is 10.1. The molecular formula is C13H18N2O. The van der Waals surface area contributed by atoms with Crippen LogP contribution in [0.4, 0.5) is 4.79 Å². The molecule has 1 fully saturated rings. The average molecular weight is 218 g/mol. The van der Waals surface area contributed by atoms with Crippen LogP contribution in [0.25, 0.3) is 0 Å². The van der Waals surface area contributed by atoms with Crippen LogP contribution >= 0.6 is 0 Å². The predicted octanol–water partition coefficient (Wildman–Crippen LogP) is 2.55. The highest BCUT2D eigenvalue weighted by atomic mass is 16.2. The van der Waals surface area contributed by atoms with Crippen LogP contribution in [0, 0.1) is 0 Å². The molecule has 1 aromatic rings. The maximum atomic E-state index is 11.8. The molecule has 3 nitrogen and oxygen atoms in total. The summed E-state index contributed by atoms with van der Waals surface area (Å²) in [6.45, 7) is 6.99. The van der Waals surface area contributed by atoms with Crippen LogP contribution in [0.5, 0.6) is 0 Å². The van der Waals surface area contributed by atoms with Gasteiger partial charge in [-0.25, -0.2) is 4.79 Å². The monoisotopic (exact) mass is 218 g/mol. The Morgan fingerprint density at radius 1 is 1.38 bits per heavy atom. The lowest BCUT2D eigenvalue weighted by molar-refractivity contribution is 0.220. The van der Waals surface area contributed by atoms with E-state index in [1.165, 1.54) is 0 Å². The highest BCUT2D eigenvalue weighted by molar-refractivity contribution is 5.78. The van der Waals surface area contributed by atoms with Crippen molar-refractivity contribution in [1.82, 2.24) is 10.2 Å². The molecule has 1 aromatic carbocycles. The molecule has 1 aliphatic rings. The normalized spacial score (nSPS) is 19.1. The molecule has 3 heteroatoms. The summed E-state index contributed by atoms with van der Waals surface area (Å²) < 4.78 is 0. The zero-order chi connectivity index (χ0) is 11.8. The Bertz CT molecular complexity index is 386. The van der Waals surface area contributed by atoms with Gasteiger partial charge in [0.25, 0.3) is 0 Å². The quantitative estimate of drug-likeness (QED) is 0.760. The lowest BCUT2D eigenvalue weighted by Gasteiger charge is -2.16. The largest absolute Gasteiger partial charge is 0.331 e. The van der Waals surface area contributed by atoms with E-state index in [9.17, 15) is 4.79 Å². The number of nitrogens with one attached hydrogen (secondary N) is 1. The summed E-state index contributed by atoms with van der Waals surface area (Å²) in [6.07, 6.45) is 0. The standard InChI is InChI=1S/C13H18N2O/c1-10(11-7-5-4-6-8-11)14-12(16)15-9-13(15,2)3/h4-8,10H,9H2,1-3H3,(H,14,16)/t10-,15?/m1/s1. The average Bonchev–Trinajstić information content (AvgIpc) is 2.89. The highest BCUT2D eigenvalue weighted by Gasteiger charge is 2.46. The van der Waals surface area contributed by atoms with Crippen LogP contribution in [0.1, 0.15) is 32.4 Å². The fourth-order valence-corrected chi connectivity index (χ4v) is 1.79. The number of benzene rings is 1.